The number of benzene rings is 1. The first kappa shape index (κ1) is 23.5. The third-order valence-corrected chi connectivity index (χ3v) is 4.80. The molecular formula is C20H28N2O5S. The van der Waals surface area contributed by atoms with Crippen LogP contribution in [0.2, 0.25) is 0 Å². The molecule has 1 rings (SSSR count). The molecule has 0 aliphatic heterocycles. The minimum absolute atomic E-state index is 0.0873. The van der Waals surface area contributed by atoms with Gasteiger partial charge in [-0.25, -0.2) is 13.2 Å². The Balaban J connectivity index is 2.65. The molecule has 0 unspecified atom stereocenters. The average molecular weight is 409 g/mol. The van der Waals surface area contributed by atoms with E-state index < -0.39 is 33.9 Å². The van der Waals surface area contributed by atoms with E-state index in [1.807, 2.05) is 44.2 Å². The number of rotatable bonds is 10. The van der Waals surface area contributed by atoms with Gasteiger partial charge in [-0.15, -0.1) is 6.42 Å². The van der Waals surface area contributed by atoms with Crippen LogP contribution in [0, 0.1) is 18.3 Å². The highest BCUT2D eigenvalue weighted by Crippen LogP contribution is 2.07. The molecule has 0 saturated heterocycles. The summed E-state index contributed by atoms with van der Waals surface area (Å²) >= 11 is 0. The number of nitrogens with one attached hydrogen (secondary N) is 2. The number of ether oxygens (including phenoxy) is 1. The van der Waals surface area contributed by atoms with Gasteiger partial charge in [0.1, 0.15) is 22.5 Å². The molecule has 0 heterocycles. The van der Waals surface area contributed by atoms with E-state index in [9.17, 15) is 18.0 Å². The van der Waals surface area contributed by atoms with Crippen LogP contribution < -0.4 is 10.6 Å². The monoisotopic (exact) mass is 408 g/mol. The zero-order valence-electron chi connectivity index (χ0n) is 16.5. The molecule has 8 heteroatoms. The van der Waals surface area contributed by atoms with Gasteiger partial charge < -0.3 is 15.4 Å². The van der Waals surface area contributed by atoms with Crippen LogP contribution in [0.3, 0.4) is 0 Å². The summed E-state index contributed by atoms with van der Waals surface area (Å²) in [4.78, 5) is 24.6. The van der Waals surface area contributed by atoms with E-state index in [4.69, 9.17) is 11.2 Å². The Morgan fingerprint density at radius 1 is 1.18 bits per heavy atom. The van der Waals surface area contributed by atoms with E-state index >= 15 is 0 Å². The van der Waals surface area contributed by atoms with Crippen molar-refractivity contribution in [2.24, 2.45) is 5.92 Å². The van der Waals surface area contributed by atoms with Crippen LogP contribution in [0.5, 0.6) is 0 Å². The molecule has 0 bridgehead atoms. The van der Waals surface area contributed by atoms with Gasteiger partial charge in [-0.1, -0.05) is 50.1 Å². The molecule has 1 aromatic carbocycles. The molecule has 0 aliphatic carbocycles. The number of carbonyl (C=O) groups excluding carboxylic acids is 2. The van der Waals surface area contributed by atoms with Crippen LogP contribution >= 0.6 is 0 Å². The zero-order chi connectivity index (χ0) is 21.2. The van der Waals surface area contributed by atoms with Gasteiger partial charge >= 0.3 is 6.09 Å². The lowest BCUT2D eigenvalue weighted by Crippen LogP contribution is -2.50. The summed E-state index contributed by atoms with van der Waals surface area (Å²) < 4.78 is 27.8. The van der Waals surface area contributed by atoms with E-state index in [1.165, 1.54) is 0 Å². The van der Waals surface area contributed by atoms with E-state index in [1.54, 1.807) is 0 Å². The summed E-state index contributed by atoms with van der Waals surface area (Å²) in [5, 5.41) is 5.17. The fourth-order valence-corrected chi connectivity index (χ4v) is 3.08. The fourth-order valence-electron chi connectivity index (χ4n) is 2.41. The number of carbonyl (C=O) groups is 2. The lowest BCUT2D eigenvalue weighted by Gasteiger charge is -2.22. The van der Waals surface area contributed by atoms with Crippen molar-refractivity contribution < 1.29 is 22.7 Å². The van der Waals surface area contributed by atoms with Gasteiger partial charge in [0.2, 0.25) is 5.91 Å². The number of alkyl carbamates (subject to hydrolysis) is 1. The van der Waals surface area contributed by atoms with Gasteiger partial charge in [-0.2, -0.15) is 0 Å². The molecule has 0 fully saturated rings. The summed E-state index contributed by atoms with van der Waals surface area (Å²) in [6, 6.07) is 7.61. The molecular weight excluding hydrogens is 380 g/mol. The topological polar surface area (TPSA) is 102 Å². The molecule has 0 radical (unpaired) electrons. The smallest absolute Gasteiger partial charge is 0.408 e. The van der Waals surface area contributed by atoms with Crippen LogP contribution in [0.25, 0.3) is 0 Å². The first-order chi connectivity index (χ1) is 13.1. The second kappa shape index (κ2) is 11.3. The second-order valence-electron chi connectivity index (χ2n) is 7.03. The number of terminal acetylenes is 1. The van der Waals surface area contributed by atoms with Crippen molar-refractivity contribution in [1.29, 1.82) is 0 Å². The maximum atomic E-state index is 12.6. The minimum atomic E-state index is -3.19. The fraction of sp³-hybridized carbons (Fsp3) is 0.500. The van der Waals surface area contributed by atoms with Crippen LogP contribution in [-0.4, -0.2) is 44.5 Å². The van der Waals surface area contributed by atoms with Crippen molar-refractivity contribution in [2.45, 2.75) is 45.4 Å². The van der Waals surface area contributed by atoms with Crippen LogP contribution in [-0.2, 0) is 26.0 Å². The lowest BCUT2D eigenvalue weighted by atomic mass is 10.0. The molecule has 2 N–H and O–H groups in total. The maximum Gasteiger partial charge on any atom is 0.408 e. The molecule has 28 heavy (non-hydrogen) atoms. The van der Waals surface area contributed by atoms with Gasteiger partial charge in [-0.3, -0.25) is 4.79 Å². The third-order valence-electron chi connectivity index (χ3n) is 3.82. The van der Waals surface area contributed by atoms with Crippen molar-refractivity contribution in [3.63, 3.8) is 0 Å². The highest BCUT2D eigenvalue weighted by molar-refractivity contribution is 7.90. The molecule has 0 aromatic heterocycles. The first-order valence-electron chi connectivity index (χ1n) is 9.02. The Morgan fingerprint density at radius 3 is 2.36 bits per heavy atom. The maximum absolute atomic E-state index is 12.6. The predicted molar refractivity (Wildman–Crippen MR) is 108 cm³/mol. The summed E-state index contributed by atoms with van der Waals surface area (Å²) in [6.07, 6.45) is 6.28. The zero-order valence-corrected chi connectivity index (χ0v) is 17.3. The number of hydrogen-bond donors (Lipinski definition) is 2. The molecule has 2 atom stereocenters. The average Bonchev–Trinajstić information content (AvgIpc) is 2.62. The number of hydrogen-bond acceptors (Lipinski definition) is 5. The van der Waals surface area contributed by atoms with Gasteiger partial charge in [0.15, 0.2) is 0 Å². The first-order valence-corrected chi connectivity index (χ1v) is 11.1. The number of sulfone groups is 1. The summed E-state index contributed by atoms with van der Waals surface area (Å²) in [5.41, 5.74) is 0.829. The third kappa shape index (κ3) is 9.97. The Labute approximate surface area is 167 Å². The standard InChI is InChI=1S/C20H28N2O5S/c1-5-17(11-12-28(4,25)26)21-19(23)18(13-15(2)3)22-20(24)27-14-16-9-7-6-8-10-16/h1,6-10,15,17-18H,11-14H2,2-4H3,(H,21,23)(H,22,24)/t17-,18+/m1/s1. The largest absolute Gasteiger partial charge is 0.445 e. The van der Waals surface area contributed by atoms with Crippen molar-refractivity contribution in [3.05, 3.63) is 35.9 Å². The Morgan fingerprint density at radius 2 is 1.82 bits per heavy atom. The molecule has 1 aromatic rings. The summed E-state index contributed by atoms with van der Waals surface area (Å²) in [5.74, 6) is 1.90. The SMILES string of the molecule is C#C[C@H](CCS(C)(=O)=O)NC(=O)[C@H](CC(C)C)NC(=O)OCc1ccccc1. The molecule has 0 spiro atoms. The van der Waals surface area contributed by atoms with Crippen molar-refractivity contribution >= 4 is 21.8 Å². The van der Waals surface area contributed by atoms with Gasteiger partial charge in [0.05, 0.1) is 11.8 Å². The Hall–Kier alpha value is -2.53. The number of amides is 2. The van der Waals surface area contributed by atoms with Crippen molar-refractivity contribution in [2.75, 3.05) is 12.0 Å². The lowest BCUT2D eigenvalue weighted by molar-refractivity contribution is -0.123. The van der Waals surface area contributed by atoms with Crippen LogP contribution in [0.15, 0.2) is 30.3 Å². The van der Waals surface area contributed by atoms with E-state index in [0.717, 1.165) is 11.8 Å². The molecule has 154 valence electrons. The Bertz CT molecular complexity index is 785. The van der Waals surface area contributed by atoms with Crippen LogP contribution in [0.4, 0.5) is 4.79 Å². The minimum Gasteiger partial charge on any atom is -0.445 e. The quantitative estimate of drug-likeness (QED) is 0.576. The van der Waals surface area contributed by atoms with Gasteiger partial charge in [-0.05, 0) is 24.3 Å². The van der Waals surface area contributed by atoms with Gasteiger partial charge in [0.25, 0.3) is 0 Å². The van der Waals surface area contributed by atoms with E-state index in [-0.39, 0.29) is 24.7 Å². The molecule has 0 aliphatic rings. The predicted octanol–water partition coefficient (Wildman–Crippen LogP) is 1.88. The highest BCUT2D eigenvalue weighted by Gasteiger charge is 2.24. The highest BCUT2D eigenvalue weighted by atomic mass is 32.2. The van der Waals surface area contributed by atoms with Crippen molar-refractivity contribution in [1.82, 2.24) is 10.6 Å². The van der Waals surface area contributed by atoms with Crippen molar-refractivity contribution in [3.8, 4) is 12.3 Å². The molecule has 0 saturated carbocycles. The second-order valence-corrected chi connectivity index (χ2v) is 9.29. The van der Waals surface area contributed by atoms with Gasteiger partial charge in [0, 0.05) is 6.26 Å². The normalized spacial score (nSPS) is 13.2. The Kier molecular flexibility index (Phi) is 9.52. The summed E-state index contributed by atoms with van der Waals surface area (Å²) in [6.45, 7) is 3.92. The van der Waals surface area contributed by atoms with E-state index in [2.05, 4.69) is 16.6 Å². The van der Waals surface area contributed by atoms with Crippen LogP contribution in [0.1, 0.15) is 32.3 Å². The summed E-state index contributed by atoms with van der Waals surface area (Å²) in [7, 11) is -3.19. The van der Waals surface area contributed by atoms with E-state index in [0.29, 0.717) is 6.42 Å². The molecule has 2 amide bonds. The molecule has 7 nitrogen and oxygen atoms in total.